The Hall–Kier alpha value is -2.96. The van der Waals surface area contributed by atoms with Crippen molar-refractivity contribution in [2.24, 2.45) is 16.6 Å². The van der Waals surface area contributed by atoms with Crippen LogP contribution in [0.1, 0.15) is 65.7 Å². The molecular formula is C21H26N6. The molecular weight excluding hydrogens is 336 g/mol. The first-order valence-electron chi connectivity index (χ1n) is 9.51. The van der Waals surface area contributed by atoms with Crippen LogP contribution in [-0.4, -0.2) is 5.54 Å². The van der Waals surface area contributed by atoms with E-state index < -0.39 is 16.4 Å². The van der Waals surface area contributed by atoms with Gasteiger partial charge < -0.3 is 11.1 Å². The lowest BCUT2D eigenvalue weighted by molar-refractivity contribution is 0.0355. The Morgan fingerprint density at radius 3 is 2.15 bits per heavy atom. The van der Waals surface area contributed by atoms with E-state index in [4.69, 9.17) is 5.73 Å². The van der Waals surface area contributed by atoms with E-state index in [9.17, 15) is 21.0 Å². The minimum atomic E-state index is -1.36. The third-order valence-corrected chi connectivity index (χ3v) is 6.28. The van der Waals surface area contributed by atoms with Crippen LogP contribution in [0.5, 0.6) is 0 Å². The molecule has 1 aliphatic carbocycles. The zero-order valence-electron chi connectivity index (χ0n) is 16.3. The van der Waals surface area contributed by atoms with E-state index in [1.54, 1.807) is 0 Å². The van der Waals surface area contributed by atoms with Crippen molar-refractivity contribution in [3.8, 4) is 24.3 Å². The fourth-order valence-corrected chi connectivity index (χ4v) is 4.94. The summed E-state index contributed by atoms with van der Waals surface area (Å²) in [4.78, 5) is 0. The fraction of sp³-hybridized carbons (Fsp3) is 0.619. The van der Waals surface area contributed by atoms with Gasteiger partial charge in [-0.25, -0.2) is 0 Å². The molecule has 1 saturated heterocycles. The minimum absolute atomic E-state index is 0.125. The number of piperidine rings is 1. The highest BCUT2D eigenvalue weighted by molar-refractivity contribution is 5.61. The van der Waals surface area contributed by atoms with Gasteiger partial charge in [-0.15, -0.1) is 0 Å². The maximum absolute atomic E-state index is 10.3. The van der Waals surface area contributed by atoms with E-state index >= 15 is 0 Å². The highest BCUT2D eigenvalue weighted by Gasteiger charge is 2.67. The molecule has 27 heavy (non-hydrogen) atoms. The molecule has 6 nitrogen and oxygen atoms in total. The standard InChI is InChI=1S/C21H26N6/c1-4-6-8-19(3)13-20(9-7-5-2)16(12-24)17(26)21(19,14-25)18(27-20)15(10-22)11-23/h27H,4-9,13,26H2,1-3H3/t19-,20-,21+/m1/s1. The summed E-state index contributed by atoms with van der Waals surface area (Å²) < 4.78 is 0. The summed E-state index contributed by atoms with van der Waals surface area (Å²) in [5.74, 6) is 0. The molecule has 2 heterocycles. The van der Waals surface area contributed by atoms with Gasteiger partial charge in [-0.3, -0.25) is 0 Å². The summed E-state index contributed by atoms with van der Waals surface area (Å²) >= 11 is 0. The van der Waals surface area contributed by atoms with Gasteiger partial charge in [-0.2, -0.15) is 21.0 Å². The Bertz CT molecular complexity index is 839. The Morgan fingerprint density at radius 2 is 1.67 bits per heavy atom. The van der Waals surface area contributed by atoms with Crippen molar-refractivity contribution in [2.75, 3.05) is 0 Å². The van der Waals surface area contributed by atoms with Crippen molar-refractivity contribution in [1.82, 2.24) is 5.32 Å². The first-order valence-corrected chi connectivity index (χ1v) is 9.51. The average molecular weight is 362 g/mol. The molecule has 0 aromatic carbocycles. The third-order valence-electron chi connectivity index (χ3n) is 6.28. The van der Waals surface area contributed by atoms with E-state index in [-0.39, 0.29) is 17.0 Å². The predicted octanol–water partition coefficient (Wildman–Crippen LogP) is 3.67. The van der Waals surface area contributed by atoms with Crippen LogP contribution in [0.15, 0.2) is 22.5 Å². The molecule has 3 N–H and O–H groups in total. The van der Waals surface area contributed by atoms with Crippen molar-refractivity contribution in [1.29, 1.82) is 21.0 Å². The summed E-state index contributed by atoms with van der Waals surface area (Å²) in [6.45, 7) is 6.17. The number of nitriles is 4. The number of fused-ring (bicyclic) bond motifs is 2. The lowest BCUT2D eigenvalue weighted by Gasteiger charge is -2.61. The zero-order valence-corrected chi connectivity index (χ0v) is 16.3. The number of hydrogen-bond donors (Lipinski definition) is 2. The predicted molar refractivity (Wildman–Crippen MR) is 101 cm³/mol. The Balaban J connectivity index is 2.91. The zero-order chi connectivity index (χ0) is 20.3. The van der Waals surface area contributed by atoms with Crippen molar-refractivity contribution < 1.29 is 0 Å². The van der Waals surface area contributed by atoms with E-state index in [0.29, 0.717) is 18.4 Å². The number of nitrogens with one attached hydrogen (secondary N) is 1. The molecule has 6 heteroatoms. The van der Waals surface area contributed by atoms with Gasteiger partial charge in [0.25, 0.3) is 0 Å². The Morgan fingerprint density at radius 1 is 1.07 bits per heavy atom. The molecule has 3 aliphatic rings. The Labute approximate surface area is 161 Å². The summed E-state index contributed by atoms with van der Waals surface area (Å²) in [7, 11) is 0. The number of nitrogens with zero attached hydrogens (tertiary/aromatic N) is 4. The molecule has 1 fully saturated rings. The lowest BCUT2D eigenvalue weighted by Crippen LogP contribution is -2.68. The smallest absolute Gasteiger partial charge is 0.150 e. The van der Waals surface area contributed by atoms with Crippen LogP contribution in [0.2, 0.25) is 0 Å². The molecule has 0 amide bonds. The Kier molecular flexibility index (Phi) is 5.54. The second-order valence-electron chi connectivity index (χ2n) is 7.89. The number of nitrogens with two attached hydrogens (primary N) is 1. The molecule has 0 saturated carbocycles. The lowest BCUT2D eigenvalue weighted by atomic mass is 9.46. The molecule has 140 valence electrons. The number of rotatable bonds is 6. The van der Waals surface area contributed by atoms with E-state index in [1.807, 2.05) is 19.1 Å². The van der Waals surface area contributed by atoms with Crippen molar-refractivity contribution in [3.05, 3.63) is 22.5 Å². The van der Waals surface area contributed by atoms with Gasteiger partial charge in [0.05, 0.1) is 34.6 Å². The number of allylic oxidation sites excluding steroid dienone is 1. The van der Waals surface area contributed by atoms with E-state index in [2.05, 4.69) is 31.3 Å². The third kappa shape index (κ3) is 2.65. The molecule has 2 bridgehead atoms. The summed E-state index contributed by atoms with van der Waals surface area (Å²) in [6, 6.07) is 8.43. The maximum Gasteiger partial charge on any atom is 0.150 e. The van der Waals surface area contributed by atoms with Gasteiger partial charge in [0.1, 0.15) is 17.6 Å². The first kappa shape index (κ1) is 20.4. The topological polar surface area (TPSA) is 133 Å². The quantitative estimate of drug-likeness (QED) is 0.692. The SMILES string of the molecule is CCCC[C@@]12C[C@@](C)(CCCC)[C@@](C#N)(C(N)=C1C#N)C(=C(C#N)C#N)N2. The molecule has 0 radical (unpaired) electrons. The highest BCUT2D eigenvalue weighted by Crippen LogP contribution is 2.64. The van der Waals surface area contributed by atoms with Gasteiger partial charge in [0.2, 0.25) is 0 Å². The van der Waals surface area contributed by atoms with Gasteiger partial charge >= 0.3 is 0 Å². The molecule has 2 aliphatic heterocycles. The molecule has 0 aromatic rings. The molecule has 3 rings (SSSR count). The second-order valence-corrected chi connectivity index (χ2v) is 7.89. The largest absolute Gasteiger partial charge is 0.400 e. The second kappa shape index (κ2) is 7.34. The van der Waals surface area contributed by atoms with Gasteiger partial charge in [-0.05, 0) is 19.3 Å². The first-order chi connectivity index (χ1) is 12.9. The minimum Gasteiger partial charge on any atom is -0.400 e. The van der Waals surface area contributed by atoms with E-state index in [0.717, 1.165) is 32.1 Å². The monoisotopic (exact) mass is 362 g/mol. The fourth-order valence-electron chi connectivity index (χ4n) is 4.94. The van der Waals surface area contributed by atoms with Gasteiger partial charge in [0.15, 0.2) is 5.57 Å². The van der Waals surface area contributed by atoms with Crippen LogP contribution in [0, 0.1) is 56.2 Å². The molecule has 0 unspecified atom stereocenters. The molecule has 0 spiro atoms. The van der Waals surface area contributed by atoms with Crippen LogP contribution in [0.4, 0.5) is 0 Å². The highest BCUT2D eigenvalue weighted by atomic mass is 15.1. The summed E-state index contributed by atoms with van der Waals surface area (Å²) in [5, 5.41) is 42.5. The molecule has 0 aromatic heterocycles. The van der Waals surface area contributed by atoms with Crippen LogP contribution in [0.25, 0.3) is 0 Å². The van der Waals surface area contributed by atoms with E-state index in [1.165, 1.54) is 0 Å². The average Bonchev–Trinajstić information content (AvgIpc) is 2.66. The summed E-state index contributed by atoms with van der Waals surface area (Å²) in [6.07, 6.45) is 5.68. The van der Waals surface area contributed by atoms with Crippen LogP contribution in [-0.2, 0) is 0 Å². The van der Waals surface area contributed by atoms with Crippen molar-refractivity contribution >= 4 is 0 Å². The van der Waals surface area contributed by atoms with Gasteiger partial charge in [-0.1, -0.05) is 46.5 Å². The van der Waals surface area contributed by atoms with Crippen LogP contribution in [0.3, 0.4) is 0 Å². The normalized spacial score (nSPS) is 31.3. The van der Waals surface area contributed by atoms with Crippen LogP contribution < -0.4 is 11.1 Å². The summed E-state index contributed by atoms with van der Waals surface area (Å²) in [5.41, 5.74) is 4.62. The number of hydrogen-bond acceptors (Lipinski definition) is 6. The van der Waals surface area contributed by atoms with Crippen molar-refractivity contribution in [3.63, 3.8) is 0 Å². The van der Waals surface area contributed by atoms with Gasteiger partial charge in [0, 0.05) is 5.41 Å². The molecule has 3 atom stereocenters. The number of unbranched alkanes of at least 4 members (excludes halogenated alkanes) is 2. The van der Waals surface area contributed by atoms with Crippen molar-refractivity contribution in [2.45, 2.75) is 71.3 Å². The maximum atomic E-state index is 10.3. The van der Waals surface area contributed by atoms with Crippen LogP contribution >= 0.6 is 0 Å².